The second kappa shape index (κ2) is 5.30. The van der Waals surface area contributed by atoms with Gasteiger partial charge in [0, 0.05) is 12.0 Å². The van der Waals surface area contributed by atoms with Crippen molar-refractivity contribution in [3.63, 3.8) is 0 Å². The third kappa shape index (κ3) is 5.11. The van der Waals surface area contributed by atoms with Crippen molar-refractivity contribution in [2.75, 3.05) is 0 Å². The highest BCUT2D eigenvalue weighted by molar-refractivity contribution is 5.86. The smallest absolute Gasteiger partial charge is 0.303 e. The minimum atomic E-state index is -0.902. The topological polar surface area (TPSA) is 92.4 Å². The van der Waals surface area contributed by atoms with Gasteiger partial charge in [-0.3, -0.25) is 9.59 Å². The molecule has 1 amide bonds. The fourth-order valence-electron chi connectivity index (χ4n) is 1.09. The van der Waals surface area contributed by atoms with Crippen LogP contribution in [0.25, 0.3) is 0 Å². The maximum Gasteiger partial charge on any atom is 0.303 e. The standard InChI is InChI=1S/C11H22N2O3/c1-5-11(4,12)9(16)13-10(2,3)7-6-8(14)15/h5-7,12H2,1-4H3,(H,13,16)(H,14,15). The highest BCUT2D eigenvalue weighted by Gasteiger charge is 2.30. The van der Waals surface area contributed by atoms with Crippen LogP contribution in [0.15, 0.2) is 0 Å². The monoisotopic (exact) mass is 230 g/mol. The van der Waals surface area contributed by atoms with E-state index < -0.39 is 17.0 Å². The summed E-state index contributed by atoms with van der Waals surface area (Å²) in [5.41, 5.74) is 4.34. The molecule has 0 heterocycles. The SMILES string of the molecule is CCC(C)(N)C(=O)NC(C)(C)CCC(=O)O. The Hall–Kier alpha value is -1.10. The van der Waals surface area contributed by atoms with Crippen LogP contribution in [0.5, 0.6) is 0 Å². The quantitative estimate of drug-likeness (QED) is 0.631. The summed E-state index contributed by atoms with van der Waals surface area (Å²) in [6.45, 7) is 7.08. The van der Waals surface area contributed by atoms with Crippen LogP contribution in [0.2, 0.25) is 0 Å². The van der Waals surface area contributed by atoms with E-state index >= 15 is 0 Å². The van der Waals surface area contributed by atoms with Gasteiger partial charge in [0.2, 0.25) is 5.91 Å². The molecule has 0 fully saturated rings. The number of aliphatic carboxylic acids is 1. The Morgan fingerprint density at radius 3 is 2.19 bits per heavy atom. The molecule has 0 aliphatic carbocycles. The Kier molecular flexibility index (Phi) is 4.93. The number of carbonyl (C=O) groups is 2. The molecule has 1 unspecified atom stereocenters. The summed E-state index contributed by atoms with van der Waals surface area (Å²) < 4.78 is 0. The molecule has 0 spiro atoms. The second-order valence-corrected chi connectivity index (χ2v) is 5.00. The molecule has 0 saturated carbocycles. The fourth-order valence-corrected chi connectivity index (χ4v) is 1.09. The number of nitrogens with one attached hydrogen (secondary N) is 1. The van der Waals surface area contributed by atoms with E-state index in [9.17, 15) is 9.59 Å². The first-order chi connectivity index (χ1) is 7.10. The van der Waals surface area contributed by atoms with Crippen molar-refractivity contribution >= 4 is 11.9 Å². The molecule has 0 aromatic rings. The summed E-state index contributed by atoms with van der Waals surface area (Å²) in [7, 11) is 0. The van der Waals surface area contributed by atoms with Gasteiger partial charge in [-0.05, 0) is 33.6 Å². The van der Waals surface area contributed by atoms with E-state index in [0.29, 0.717) is 12.8 Å². The molecule has 1 atom stereocenters. The van der Waals surface area contributed by atoms with Crippen LogP contribution in [0, 0.1) is 0 Å². The highest BCUT2D eigenvalue weighted by atomic mass is 16.4. The third-order valence-electron chi connectivity index (χ3n) is 2.67. The van der Waals surface area contributed by atoms with E-state index in [-0.39, 0.29) is 12.3 Å². The Morgan fingerprint density at radius 1 is 1.31 bits per heavy atom. The molecule has 5 nitrogen and oxygen atoms in total. The van der Waals surface area contributed by atoms with Gasteiger partial charge in [-0.15, -0.1) is 0 Å². The highest BCUT2D eigenvalue weighted by Crippen LogP contribution is 2.14. The summed E-state index contributed by atoms with van der Waals surface area (Å²) >= 11 is 0. The Labute approximate surface area is 96.4 Å². The summed E-state index contributed by atoms with van der Waals surface area (Å²) in [6, 6.07) is 0. The molecule has 16 heavy (non-hydrogen) atoms. The lowest BCUT2D eigenvalue weighted by atomic mass is 9.94. The minimum absolute atomic E-state index is 0.0285. The lowest BCUT2D eigenvalue weighted by Crippen LogP contribution is -2.57. The van der Waals surface area contributed by atoms with Gasteiger partial charge in [0.1, 0.15) is 0 Å². The molecular weight excluding hydrogens is 208 g/mol. The third-order valence-corrected chi connectivity index (χ3v) is 2.67. The zero-order valence-electron chi connectivity index (χ0n) is 10.5. The van der Waals surface area contributed by atoms with Crippen molar-refractivity contribution in [2.45, 2.75) is 58.0 Å². The van der Waals surface area contributed by atoms with Gasteiger partial charge in [0.05, 0.1) is 5.54 Å². The van der Waals surface area contributed by atoms with E-state index in [0.717, 1.165) is 0 Å². The summed E-state index contributed by atoms with van der Waals surface area (Å²) in [5.74, 6) is -1.11. The molecule has 0 bridgehead atoms. The number of hydrogen-bond donors (Lipinski definition) is 3. The first kappa shape index (κ1) is 14.9. The molecule has 0 aliphatic heterocycles. The van der Waals surface area contributed by atoms with Crippen molar-refractivity contribution in [1.29, 1.82) is 0 Å². The Bertz CT molecular complexity index is 272. The number of nitrogens with two attached hydrogens (primary N) is 1. The maximum atomic E-state index is 11.8. The van der Waals surface area contributed by atoms with Crippen LogP contribution < -0.4 is 11.1 Å². The normalized spacial score (nSPS) is 15.3. The van der Waals surface area contributed by atoms with Gasteiger partial charge in [-0.25, -0.2) is 0 Å². The predicted molar refractivity (Wildman–Crippen MR) is 62.0 cm³/mol. The van der Waals surface area contributed by atoms with Crippen LogP contribution in [0.1, 0.15) is 47.0 Å². The summed E-state index contributed by atoms with van der Waals surface area (Å²) in [4.78, 5) is 22.2. The minimum Gasteiger partial charge on any atom is -0.481 e. The van der Waals surface area contributed by atoms with Gasteiger partial charge >= 0.3 is 5.97 Å². The van der Waals surface area contributed by atoms with Gasteiger partial charge in [0.15, 0.2) is 0 Å². The van der Waals surface area contributed by atoms with Crippen LogP contribution in [-0.4, -0.2) is 28.1 Å². The first-order valence-electron chi connectivity index (χ1n) is 5.44. The molecule has 0 rings (SSSR count). The molecule has 5 heteroatoms. The van der Waals surface area contributed by atoms with E-state index in [1.165, 1.54) is 0 Å². The molecular formula is C11H22N2O3. The molecule has 94 valence electrons. The van der Waals surface area contributed by atoms with Gasteiger partial charge < -0.3 is 16.2 Å². The van der Waals surface area contributed by atoms with Crippen molar-refractivity contribution in [2.24, 2.45) is 5.73 Å². The summed E-state index contributed by atoms with van der Waals surface area (Å²) in [5, 5.41) is 11.4. The van der Waals surface area contributed by atoms with Gasteiger partial charge in [-0.1, -0.05) is 6.92 Å². The van der Waals surface area contributed by atoms with E-state index in [4.69, 9.17) is 10.8 Å². The van der Waals surface area contributed by atoms with E-state index in [2.05, 4.69) is 5.32 Å². The average Bonchev–Trinajstić information content (AvgIpc) is 2.14. The zero-order valence-corrected chi connectivity index (χ0v) is 10.5. The first-order valence-corrected chi connectivity index (χ1v) is 5.44. The molecule has 0 aliphatic rings. The lowest BCUT2D eigenvalue weighted by Gasteiger charge is -2.31. The molecule has 0 saturated heterocycles. The molecule has 4 N–H and O–H groups in total. The van der Waals surface area contributed by atoms with Crippen LogP contribution in [-0.2, 0) is 9.59 Å². The van der Waals surface area contributed by atoms with E-state index in [1.807, 2.05) is 6.92 Å². The predicted octanol–water partition coefficient (Wildman–Crippen LogP) is 0.873. The number of carbonyl (C=O) groups excluding carboxylic acids is 1. The maximum absolute atomic E-state index is 11.8. The van der Waals surface area contributed by atoms with Crippen molar-refractivity contribution < 1.29 is 14.7 Å². The van der Waals surface area contributed by atoms with Crippen LogP contribution >= 0.6 is 0 Å². The molecule has 0 aromatic heterocycles. The van der Waals surface area contributed by atoms with Gasteiger partial charge in [-0.2, -0.15) is 0 Å². The van der Waals surface area contributed by atoms with Crippen LogP contribution in [0.4, 0.5) is 0 Å². The lowest BCUT2D eigenvalue weighted by molar-refractivity contribution is -0.138. The van der Waals surface area contributed by atoms with Crippen molar-refractivity contribution in [3.8, 4) is 0 Å². The van der Waals surface area contributed by atoms with Crippen molar-refractivity contribution in [1.82, 2.24) is 5.32 Å². The zero-order chi connectivity index (χ0) is 13.0. The number of carboxylic acid groups (broad SMARTS) is 1. The van der Waals surface area contributed by atoms with Gasteiger partial charge in [0.25, 0.3) is 0 Å². The number of hydrogen-bond acceptors (Lipinski definition) is 3. The average molecular weight is 230 g/mol. The Balaban J connectivity index is 4.36. The largest absolute Gasteiger partial charge is 0.481 e. The molecule has 0 radical (unpaired) electrons. The number of rotatable bonds is 6. The van der Waals surface area contributed by atoms with Crippen LogP contribution in [0.3, 0.4) is 0 Å². The van der Waals surface area contributed by atoms with E-state index in [1.54, 1.807) is 20.8 Å². The second-order valence-electron chi connectivity index (χ2n) is 5.00. The fraction of sp³-hybridized carbons (Fsp3) is 0.818. The molecule has 0 aromatic carbocycles. The van der Waals surface area contributed by atoms with Crippen molar-refractivity contribution in [3.05, 3.63) is 0 Å². The number of carboxylic acids is 1. The summed E-state index contributed by atoms with van der Waals surface area (Å²) in [6.07, 6.45) is 0.947. The number of amides is 1. The Morgan fingerprint density at radius 2 is 1.81 bits per heavy atom.